The SMILES string of the molecule is COc1ccc(CNS(=O)(=O)c2ccc3[nH]c(=O)oc3c2)cc1OC. The summed E-state index contributed by atoms with van der Waals surface area (Å²) < 4.78 is 42.6. The van der Waals surface area contributed by atoms with E-state index in [1.54, 1.807) is 18.2 Å². The van der Waals surface area contributed by atoms with Crippen LogP contribution in [-0.2, 0) is 16.6 Å². The number of nitrogens with one attached hydrogen (secondary N) is 2. The van der Waals surface area contributed by atoms with E-state index in [0.717, 1.165) is 0 Å². The summed E-state index contributed by atoms with van der Waals surface area (Å²) in [7, 11) is -0.745. The van der Waals surface area contributed by atoms with Gasteiger partial charge in [-0.1, -0.05) is 6.07 Å². The number of rotatable bonds is 6. The van der Waals surface area contributed by atoms with E-state index in [9.17, 15) is 13.2 Å². The van der Waals surface area contributed by atoms with Crippen molar-refractivity contribution in [2.75, 3.05) is 14.2 Å². The largest absolute Gasteiger partial charge is 0.493 e. The Balaban J connectivity index is 1.82. The molecule has 0 aliphatic rings. The summed E-state index contributed by atoms with van der Waals surface area (Å²) in [5.74, 6) is 0.430. The summed E-state index contributed by atoms with van der Waals surface area (Å²) in [5.41, 5.74) is 1.32. The minimum absolute atomic E-state index is 0.00299. The molecule has 0 radical (unpaired) electrons. The molecule has 9 heteroatoms. The van der Waals surface area contributed by atoms with E-state index in [2.05, 4.69) is 9.71 Å². The zero-order valence-corrected chi connectivity index (χ0v) is 14.3. The molecular weight excluding hydrogens is 348 g/mol. The molecule has 0 aliphatic carbocycles. The van der Waals surface area contributed by atoms with Crippen LogP contribution < -0.4 is 20.0 Å². The molecule has 0 saturated carbocycles. The van der Waals surface area contributed by atoms with Gasteiger partial charge >= 0.3 is 5.76 Å². The maximum absolute atomic E-state index is 12.4. The molecule has 1 heterocycles. The Morgan fingerprint density at radius 1 is 1.08 bits per heavy atom. The Kier molecular flexibility index (Phi) is 4.51. The van der Waals surface area contributed by atoms with Gasteiger partial charge in [-0.3, -0.25) is 4.98 Å². The average Bonchev–Trinajstić information content (AvgIpc) is 2.98. The van der Waals surface area contributed by atoms with Crippen molar-refractivity contribution in [3.05, 3.63) is 52.5 Å². The Hall–Kier alpha value is -2.78. The number of hydrogen-bond donors (Lipinski definition) is 2. The molecule has 25 heavy (non-hydrogen) atoms. The molecule has 0 unspecified atom stereocenters. The van der Waals surface area contributed by atoms with Crippen LogP contribution in [0, 0.1) is 0 Å². The van der Waals surface area contributed by atoms with Crippen LogP contribution in [0.2, 0.25) is 0 Å². The van der Waals surface area contributed by atoms with Crippen molar-refractivity contribution < 1.29 is 22.3 Å². The number of aromatic amines is 1. The summed E-state index contributed by atoms with van der Waals surface area (Å²) in [6.07, 6.45) is 0. The van der Waals surface area contributed by atoms with Crippen LogP contribution >= 0.6 is 0 Å². The van der Waals surface area contributed by atoms with Gasteiger partial charge in [-0.25, -0.2) is 17.9 Å². The van der Waals surface area contributed by atoms with Crippen LogP contribution in [0.4, 0.5) is 0 Å². The van der Waals surface area contributed by atoms with Crippen LogP contribution in [0.25, 0.3) is 11.1 Å². The zero-order valence-electron chi connectivity index (χ0n) is 13.5. The number of oxazole rings is 1. The van der Waals surface area contributed by atoms with Gasteiger partial charge in [0.05, 0.1) is 24.6 Å². The number of hydrogen-bond acceptors (Lipinski definition) is 6. The van der Waals surface area contributed by atoms with E-state index in [1.807, 2.05) is 0 Å². The molecule has 0 fully saturated rings. The molecule has 3 aromatic rings. The van der Waals surface area contributed by atoms with Crippen molar-refractivity contribution in [3.63, 3.8) is 0 Å². The van der Waals surface area contributed by atoms with Crippen molar-refractivity contribution in [3.8, 4) is 11.5 Å². The first-order valence-corrected chi connectivity index (χ1v) is 8.75. The normalized spacial score (nSPS) is 11.6. The van der Waals surface area contributed by atoms with Crippen LogP contribution in [0.5, 0.6) is 11.5 Å². The summed E-state index contributed by atoms with van der Waals surface area (Å²) in [4.78, 5) is 13.6. The lowest BCUT2D eigenvalue weighted by molar-refractivity contribution is 0.354. The minimum atomic E-state index is -3.77. The van der Waals surface area contributed by atoms with Gasteiger partial charge in [-0.15, -0.1) is 0 Å². The smallest absolute Gasteiger partial charge is 0.417 e. The van der Waals surface area contributed by atoms with Gasteiger partial charge in [-0.05, 0) is 29.8 Å². The standard InChI is InChI=1S/C16H16N2O6S/c1-22-13-6-3-10(7-15(13)23-2)9-17-25(20,21)11-4-5-12-14(8-11)24-16(19)18-12/h3-8,17H,9H2,1-2H3,(H,18,19). The predicted octanol–water partition coefficient (Wildman–Crippen LogP) is 1.62. The number of ether oxygens (including phenoxy) is 2. The van der Waals surface area contributed by atoms with Crippen molar-refractivity contribution in [1.82, 2.24) is 9.71 Å². The van der Waals surface area contributed by atoms with Gasteiger partial charge < -0.3 is 13.9 Å². The second-order valence-corrected chi connectivity index (χ2v) is 6.95. The zero-order chi connectivity index (χ0) is 18.0. The maximum atomic E-state index is 12.4. The van der Waals surface area contributed by atoms with Gasteiger partial charge in [-0.2, -0.15) is 0 Å². The third-order valence-electron chi connectivity index (χ3n) is 3.62. The number of H-pyrrole nitrogens is 1. The van der Waals surface area contributed by atoms with Gasteiger partial charge in [0.25, 0.3) is 0 Å². The van der Waals surface area contributed by atoms with Crippen molar-refractivity contribution in [2.24, 2.45) is 0 Å². The van der Waals surface area contributed by atoms with Crippen LogP contribution in [0.1, 0.15) is 5.56 Å². The number of sulfonamides is 1. The average molecular weight is 364 g/mol. The fourth-order valence-electron chi connectivity index (χ4n) is 2.35. The lowest BCUT2D eigenvalue weighted by Gasteiger charge is -2.10. The van der Waals surface area contributed by atoms with Crippen molar-refractivity contribution >= 4 is 21.1 Å². The second kappa shape index (κ2) is 6.61. The Morgan fingerprint density at radius 3 is 2.56 bits per heavy atom. The molecule has 0 aliphatic heterocycles. The van der Waals surface area contributed by atoms with E-state index >= 15 is 0 Å². The highest BCUT2D eigenvalue weighted by Crippen LogP contribution is 2.27. The van der Waals surface area contributed by atoms with Gasteiger partial charge in [0.2, 0.25) is 10.0 Å². The van der Waals surface area contributed by atoms with Crippen LogP contribution in [0.15, 0.2) is 50.5 Å². The number of fused-ring (bicyclic) bond motifs is 1. The number of aromatic nitrogens is 1. The van der Waals surface area contributed by atoms with Crippen molar-refractivity contribution in [1.29, 1.82) is 0 Å². The molecule has 2 N–H and O–H groups in total. The molecule has 3 rings (SSSR count). The first-order chi connectivity index (χ1) is 11.9. The lowest BCUT2D eigenvalue weighted by atomic mass is 10.2. The van der Waals surface area contributed by atoms with Crippen LogP contribution in [0.3, 0.4) is 0 Å². The van der Waals surface area contributed by atoms with E-state index in [1.165, 1.54) is 32.4 Å². The Labute approximate surface area is 143 Å². The Bertz CT molecular complexity index is 1070. The van der Waals surface area contributed by atoms with Gasteiger partial charge in [0.1, 0.15) is 0 Å². The predicted molar refractivity (Wildman–Crippen MR) is 90.4 cm³/mol. The lowest BCUT2D eigenvalue weighted by Crippen LogP contribution is -2.23. The minimum Gasteiger partial charge on any atom is -0.493 e. The highest BCUT2D eigenvalue weighted by Gasteiger charge is 2.16. The quantitative estimate of drug-likeness (QED) is 0.688. The van der Waals surface area contributed by atoms with Gasteiger partial charge in [0, 0.05) is 12.6 Å². The van der Waals surface area contributed by atoms with E-state index in [0.29, 0.717) is 22.6 Å². The van der Waals surface area contributed by atoms with E-state index in [4.69, 9.17) is 13.9 Å². The third-order valence-corrected chi connectivity index (χ3v) is 5.02. The summed E-state index contributed by atoms with van der Waals surface area (Å²) in [6, 6.07) is 9.29. The highest BCUT2D eigenvalue weighted by atomic mass is 32.2. The molecule has 0 amide bonds. The number of benzene rings is 2. The summed E-state index contributed by atoms with van der Waals surface area (Å²) in [6.45, 7) is 0.0673. The maximum Gasteiger partial charge on any atom is 0.417 e. The molecule has 0 bridgehead atoms. The fourth-order valence-corrected chi connectivity index (χ4v) is 3.38. The number of methoxy groups -OCH3 is 2. The molecule has 1 aromatic heterocycles. The molecule has 0 spiro atoms. The van der Waals surface area contributed by atoms with Gasteiger partial charge in [0.15, 0.2) is 17.1 Å². The summed E-state index contributed by atoms with van der Waals surface area (Å²) in [5, 5.41) is 0. The third kappa shape index (κ3) is 3.52. The van der Waals surface area contributed by atoms with Crippen LogP contribution in [-0.4, -0.2) is 27.6 Å². The molecular formula is C16H16N2O6S. The first kappa shape index (κ1) is 17.1. The van der Waals surface area contributed by atoms with E-state index in [-0.39, 0.29) is 17.0 Å². The monoisotopic (exact) mass is 364 g/mol. The second-order valence-electron chi connectivity index (χ2n) is 5.19. The fraction of sp³-hybridized carbons (Fsp3) is 0.188. The molecule has 132 valence electrons. The topological polar surface area (TPSA) is 111 Å². The highest BCUT2D eigenvalue weighted by molar-refractivity contribution is 7.89. The molecule has 8 nitrogen and oxygen atoms in total. The van der Waals surface area contributed by atoms with E-state index < -0.39 is 15.8 Å². The first-order valence-electron chi connectivity index (χ1n) is 7.26. The molecule has 0 atom stereocenters. The van der Waals surface area contributed by atoms with Crippen molar-refractivity contribution in [2.45, 2.75) is 11.4 Å². The summed E-state index contributed by atoms with van der Waals surface area (Å²) >= 11 is 0. The molecule has 0 saturated heterocycles. The Morgan fingerprint density at radius 2 is 1.84 bits per heavy atom. The molecule has 2 aromatic carbocycles.